The Bertz CT molecular complexity index is 1100. The molecule has 2 aromatic carbocycles. The highest BCUT2D eigenvalue weighted by Crippen LogP contribution is 2.38. The molecule has 0 radical (unpaired) electrons. The van der Waals surface area contributed by atoms with E-state index in [4.69, 9.17) is 23.9 Å². The molecule has 1 amide bonds. The normalized spacial score (nSPS) is 14.1. The van der Waals surface area contributed by atoms with Crippen LogP contribution in [0.1, 0.15) is 15.4 Å². The van der Waals surface area contributed by atoms with E-state index < -0.39 is 0 Å². The van der Waals surface area contributed by atoms with Crippen molar-refractivity contribution in [3.63, 3.8) is 0 Å². The van der Waals surface area contributed by atoms with Gasteiger partial charge in [0, 0.05) is 42.7 Å². The van der Waals surface area contributed by atoms with Gasteiger partial charge in [-0.3, -0.25) is 9.69 Å². The van der Waals surface area contributed by atoms with Crippen LogP contribution in [0.5, 0.6) is 23.0 Å². The van der Waals surface area contributed by atoms with E-state index in [1.54, 1.807) is 51.9 Å². The standard InChI is InChI=1S/C25H29N3O5S/c1-30-19-7-5-17(6-8-19)20-16-34-23(26-20)15-27-9-11-28(12-10-27)25(29)18-13-21(31-2)24(33-4)22(14-18)32-3/h5-8,13-14,16H,9-12,15H2,1-4H3. The number of hydrogen-bond acceptors (Lipinski definition) is 8. The first-order chi connectivity index (χ1) is 16.6. The van der Waals surface area contributed by atoms with E-state index >= 15 is 0 Å². The topological polar surface area (TPSA) is 73.4 Å². The van der Waals surface area contributed by atoms with Crippen molar-refractivity contribution < 1.29 is 23.7 Å². The van der Waals surface area contributed by atoms with Crippen LogP contribution in [-0.4, -0.2) is 75.3 Å². The van der Waals surface area contributed by atoms with Crippen LogP contribution in [0.2, 0.25) is 0 Å². The molecule has 4 rings (SSSR count). The summed E-state index contributed by atoms with van der Waals surface area (Å²) >= 11 is 1.66. The summed E-state index contributed by atoms with van der Waals surface area (Å²) in [4.78, 5) is 22.1. The molecule has 180 valence electrons. The van der Waals surface area contributed by atoms with Crippen molar-refractivity contribution in [2.75, 3.05) is 54.6 Å². The molecule has 9 heteroatoms. The van der Waals surface area contributed by atoms with Gasteiger partial charge in [0.05, 0.1) is 40.7 Å². The zero-order valence-corrected chi connectivity index (χ0v) is 20.7. The molecule has 0 N–H and O–H groups in total. The second-order valence-corrected chi connectivity index (χ2v) is 8.78. The van der Waals surface area contributed by atoms with Gasteiger partial charge in [0.2, 0.25) is 5.75 Å². The van der Waals surface area contributed by atoms with Gasteiger partial charge < -0.3 is 23.8 Å². The Morgan fingerprint density at radius 2 is 1.56 bits per heavy atom. The smallest absolute Gasteiger partial charge is 0.254 e. The van der Waals surface area contributed by atoms with Crippen molar-refractivity contribution in [2.45, 2.75) is 6.54 Å². The molecule has 0 saturated carbocycles. The largest absolute Gasteiger partial charge is 0.497 e. The minimum absolute atomic E-state index is 0.0463. The summed E-state index contributed by atoms with van der Waals surface area (Å²) in [5, 5.41) is 3.15. The van der Waals surface area contributed by atoms with Crippen LogP contribution in [0, 0.1) is 0 Å². The van der Waals surface area contributed by atoms with Gasteiger partial charge in [0.25, 0.3) is 5.91 Å². The summed E-state index contributed by atoms with van der Waals surface area (Å²) in [5.74, 6) is 2.21. The molecule has 2 heterocycles. The van der Waals surface area contributed by atoms with Crippen molar-refractivity contribution in [2.24, 2.45) is 0 Å². The molecule has 34 heavy (non-hydrogen) atoms. The maximum Gasteiger partial charge on any atom is 0.254 e. The predicted molar refractivity (Wildman–Crippen MR) is 131 cm³/mol. The zero-order chi connectivity index (χ0) is 24.1. The predicted octanol–water partition coefficient (Wildman–Crippen LogP) is 3.80. The van der Waals surface area contributed by atoms with Crippen LogP contribution >= 0.6 is 11.3 Å². The van der Waals surface area contributed by atoms with Gasteiger partial charge in [-0.05, 0) is 36.4 Å². The summed E-state index contributed by atoms with van der Waals surface area (Å²) in [6, 6.07) is 11.3. The number of thiazole rings is 1. The van der Waals surface area contributed by atoms with Crippen molar-refractivity contribution >= 4 is 17.2 Å². The van der Waals surface area contributed by atoms with Crippen LogP contribution in [0.3, 0.4) is 0 Å². The quantitative estimate of drug-likeness (QED) is 0.483. The molecule has 1 aromatic heterocycles. The van der Waals surface area contributed by atoms with Crippen molar-refractivity contribution in [3.8, 4) is 34.3 Å². The summed E-state index contributed by atoms with van der Waals surface area (Å²) in [5.41, 5.74) is 2.56. The summed E-state index contributed by atoms with van der Waals surface area (Å²) in [7, 11) is 6.30. The Balaban J connectivity index is 1.36. The molecule has 1 saturated heterocycles. The summed E-state index contributed by atoms with van der Waals surface area (Å²) in [6.07, 6.45) is 0. The van der Waals surface area contributed by atoms with Crippen molar-refractivity contribution in [3.05, 3.63) is 52.3 Å². The van der Waals surface area contributed by atoms with Gasteiger partial charge >= 0.3 is 0 Å². The minimum Gasteiger partial charge on any atom is -0.497 e. The summed E-state index contributed by atoms with van der Waals surface area (Å²) < 4.78 is 21.4. The van der Waals surface area contributed by atoms with Crippen LogP contribution in [-0.2, 0) is 6.54 Å². The molecule has 1 aliphatic heterocycles. The highest BCUT2D eigenvalue weighted by atomic mass is 32.1. The maximum atomic E-state index is 13.1. The van der Waals surface area contributed by atoms with Crippen LogP contribution < -0.4 is 18.9 Å². The van der Waals surface area contributed by atoms with Gasteiger partial charge in [-0.25, -0.2) is 4.98 Å². The fourth-order valence-electron chi connectivity index (χ4n) is 3.97. The lowest BCUT2D eigenvalue weighted by Gasteiger charge is -2.34. The number of nitrogens with zero attached hydrogens (tertiary/aromatic N) is 3. The van der Waals surface area contributed by atoms with E-state index in [0.717, 1.165) is 41.6 Å². The Labute approximate surface area is 203 Å². The number of piperazine rings is 1. The van der Waals surface area contributed by atoms with Gasteiger partial charge in [-0.15, -0.1) is 11.3 Å². The Kier molecular flexibility index (Phi) is 7.54. The number of aromatic nitrogens is 1. The average Bonchev–Trinajstić information content (AvgIpc) is 3.36. The molecule has 0 unspecified atom stereocenters. The Morgan fingerprint density at radius 1 is 0.912 bits per heavy atom. The number of benzene rings is 2. The number of methoxy groups -OCH3 is 4. The third-order valence-corrected chi connectivity index (χ3v) is 6.70. The number of amides is 1. The van der Waals surface area contributed by atoms with Gasteiger partial charge in [-0.2, -0.15) is 0 Å². The van der Waals surface area contributed by atoms with E-state index in [9.17, 15) is 4.79 Å². The average molecular weight is 484 g/mol. The first-order valence-electron chi connectivity index (χ1n) is 11.0. The third-order valence-electron chi connectivity index (χ3n) is 5.87. The highest BCUT2D eigenvalue weighted by Gasteiger charge is 2.25. The SMILES string of the molecule is COc1ccc(-c2csc(CN3CCN(C(=O)c4cc(OC)c(OC)c(OC)c4)CC3)n2)cc1. The minimum atomic E-state index is -0.0463. The molecule has 0 bridgehead atoms. The molecular weight excluding hydrogens is 454 g/mol. The lowest BCUT2D eigenvalue weighted by atomic mass is 10.1. The van der Waals surface area contributed by atoms with Gasteiger partial charge in [0.15, 0.2) is 11.5 Å². The first-order valence-corrected chi connectivity index (χ1v) is 11.8. The Hall–Kier alpha value is -3.30. The first kappa shape index (κ1) is 23.8. The molecule has 0 aliphatic carbocycles. The molecular formula is C25H29N3O5S. The van der Waals surface area contributed by atoms with E-state index in [2.05, 4.69) is 10.3 Å². The molecule has 3 aromatic rings. The molecule has 1 aliphatic rings. The summed E-state index contributed by atoms with van der Waals surface area (Å²) in [6.45, 7) is 3.63. The number of carbonyl (C=O) groups excluding carboxylic acids is 1. The lowest BCUT2D eigenvalue weighted by Crippen LogP contribution is -2.48. The lowest BCUT2D eigenvalue weighted by molar-refractivity contribution is 0.0627. The van der Waals surface area contributed by atoms with Crippen molar-refractivity contribution in [1.82, 2.24) is 14.8 Å². The van der Waals surface area contributed by atoms with E-state index in [-0.39, 0.29) is 5.91 Å². The molecule has 1 fully saturated rings. The highest BCUT2D eigenvalue weighted by molar-refractivity contribution is 7.09. The van der Waals surface area contributed by atoms with E-state index in [1.165, 1.54) is 0 Å². The van der Waals surface area contributed by atoms with Gasteiger partial charge in [-0.1, -0.05) is 0 Å². The Morgan fingerprint density at radius 3 is 2.12 bits per heavy atom. The fourth-order valence-corrected chi connectivity index (χ4v) is 4.81. The second kappa shape index (κ2) is 10.8. The zero-order valence-electron chi connectivity index (χ0n) is 19.9. The van der Waals surface area contributed by atoms with Crippen molar-refractivity contribution in [1.29, 1.82) is 0 Å². The van der Waals surface area contributed by atoms with Crippen LogP contribution in [0.15, 0.2) is 41.8 Å². The van der Waals surface area contributed by atoms with E-state index in [0.29, 0.717) is 35.9 Å². The van der Waals surface area contributed by atoms with Crippen LogP contribution in [0.4, 0.5) is 0 Å². The number of rotatable bonds is 8. The number of hydrogen-bond donors (Lipinski definition) is 0. The molecule has 0 atom stereocenters. The number of ether oxygens (including phenoxy) is 4. The fraction of sp³-hybridized carbons (Fsp3) is 0.360. The maximum absolute atomic E-state index is 13.1. The van der Waals surface area contributed by atoms with Crippen LogP contribution in [0.25, 0.3) is 11.3 Å². The third kappa shape index (κ3) is 5.10. The molecule has 8 nitrogen and oxygen atoms in total. The molecule has 0 spiro atoms. The second-order valence-electron chi connectivity index (χ2n) is 7.84. The van der Waals surface area contributed by atoms with Gasteiger partial charge in [0.1, 0.15) is 10.8 Å². The number of carbonyl (C=O) groups is 1. The van der Waals surface area contributed by atoms with E-state index in [1.807, 2.05) is 29.2 Å². The monoisotopic (exact) mass is 483 g/mol.